The number of piperazine rings is 1. The van der Waals surface area contributed by atoms with Gasteiger partial charge < -0.3 is 9.80 Å². The van der Waals surface area contributed by atoms with Gasteiger partial charge in [-0.2, -0.15) is 0 Å². The average Bonchev–Trinajstić information content (AvgIpc) is 2.49. The summed E-state index contributed by atoms with van der Waals surface area (Å²) in [7, 11) is 0. The van der Waals surface area contributed by atoms with Crippen LogP contribution in [-0.2, 0) is 4.79 Å². The van der Waals surface area contributed by atoms with Crippen molar-refractivity contribution in [2.75, 3.05) is 52.4 Å². The highest BCUT2D eigenvalue weighted by molar-refractivity contribution is 5.82. The Bertz CT molecular complexity index is 340. The van der Waals surface area contributed by atoms with E-state index in [2.05, 4.69) is 28.5 Å². The fourth-order valence-electron chi connectivity index (χ4n) is 3.55. The molecule has 2 fully saturated rings. The van der Waals surface area contributed by atoms with Crippen LogP contribution in [0.1, 0.15) is 40.5 Å². The standard InChI is InChI=1S/C18H35N3O/c1-15(2)18(22)14-20-11-9-19(10-12-20)13-17-5-7-21(8-6-17)16(3)4/h15-17H,5-14H2,1-4H3. The number of Topliss-reactive ketones (excluding diaryl/α,β-unsaturated/α-hetero) is 1. The largest absolute Gasteiger partial charge is 0.301 e. The number of ketones is 1. The van der Waals surface area contributed by atoms with E-state index >= 15 is 0 Å². The quantitative estimate of drug-likeness (QED) is 0.749. The SMILES string of the molecule is CC(C)C(=O)CN1CCN(CC2CCN(C(C)C)CC2)CC1. The second kappa shape index (κ2) is 8.42. The molecule has 0 aromatic rings. The highest BCUT2D eigenvalue weighted by atomic mass is 16.1. The van der Waals surface area contributed by atoms with Crippen LogP contribution in [0, 0.1) is 11.8 Å². The predicted molar refractivity (Wildman–Crippen MR) is 92.2 cm³/mol. The van der Waals surface area contributed by atoms with Crippen molar-refractivity contribution >= 4 is 5.78 Å². The summed E-state index contributed by atoms with van der Waals surface area (Å²) in [6, 6.07) is 0.697. The molecule has 22 heavy (non-hydrogen) atoms. The molecule has 0 bridgehead atoms. The number of carbonyl (C=O) groups excluding carboxylic acids is 1. The van der Waals surface area contributed by atoms with Gasteiger partial charge in [-0.05, 0) is 45.7 Å². The minimum Gasteiger partial charge on any atom is -0.301 e. The van der Waals surface area contributed by atoms with Crippen LogP contribution in [-0.4, -0.2) is 78.9 Å². The van der Waals surface area contributed by atoms with Gasteiger partial charge in [-0.3, -0.25) is 9.69 Å². The summed E-state index contributed by atoms with van der Waals surface area (Å²) in [5.74, 6) is 1.43. The third kappa shape index (κ3) is 5.32. The zero-order chi connectivity index (χ0) is 16.1. The maximum atomic E-state index is 11.8. The number of likely N-dealkylation sites (tertiary alicyclic amines) is 1. The molecule has 0 amide bonds. The number of rotatable bonds is 6. The van der Waals surface area contributed by atoms with Gasteiger partial charge in [0.05, 0.1) is 6.54 Å². The van der Waals surface area contributed by atoms with Gasteiger partial charge in [0.15, 0.2) is 0 Å². The van der Waals surface area contributed by atoms with Gasteiger partial charge in [0, 0.05) is 44.7 Å². The third-order valence-electron chi connectivity index (χ3n) is 5.38. The van der Waals surface area contributed by atoms with Gasteiger partial charge >= 0.3 is 0 Å². The van der Waals surface area contributed by atoms with Crippen molar-refractivity contribution in [2.45, 2.75) is 46.6 Å². The molecular formula is C18H35N3O. The molecular weight excluding hydrogens is 274 g/mol. The lowest BCUT2D eigenvalue weighted by Gasteiger charge is -2.39. The smallest absolute Gasteiger partial charge is 0.149 e. The molecule has 0 unspecified atom stereocenters. The summed E-state index contributed by atoms with van der Waals surface area (Å²) in [5, 5.41) is 0. The van der Waals surface area contributed by atoms with Crippen LogP contribution in [0.3, 0.4) is 0 Å². The molecule has 128 valence electrons. The molecule has 0 saturated carbocycles. The molecule has 2 aliphatic heterocycles. The van der Waals surface area contributed by atoms with Crippen molar-refractivity contribution in [3.05, 3.63) is 0 Å². The van der Waals surface area contributed by atoms with Crippen LogP contribution in [0.4, 0.5) is 0 Å². The van der Waals surface area contributed by atoms with Gasteiger partial charge in [0.1, 0.15) is 5.78 Å². The van der Waals surface area contributed by atoms with E-state index in [1.54, 1.807) is 0 Å². The van der Waals surface area contributed by atoms with E-state index in [0.29, 0.717) is 18.4 Å². The Morgan fingerprint density at radius 1 is 0.909 bits per heavy atom. The minimum absolute atomic E-state index is 0.171. The maximum Gasteiger partial charge on any atom is 0.149 e. The molecule has 0 aliphatic carbocycles. The number of hydrogen-bond donors (Lipinski definition) is 0. The van der Waals surface area contributed by atoms with Crippen LogP contribution >= 0.6 is 0 Å². The molecule has 4 nitrogen and oxygen atoms in total. The van der Waals surface area contributed by atoms with Crippen molar-refractivity contribution in [1.29, 1.82) is 0 Å². The number of carbonyl (C=O) groups is 1. The molecule has 0 aromatic carbocycles. The Balaban J connectivity index is 1.65. The van der Waals surface area contributed by atoms with Crippen LogP contribution in [0.5, 0.6) is 0 Å². The fraction of sp³-hybridized carbons (Fsp3) is 0.944. The predicted octanol–water partition coefficient (Wildman–Crippen LogP) is 1.95. The van der Waals surface area contributed by atoms with E-state index in [-0.39, 0.29) is 5.92 Å². The fourth-order valence-corrected chi connectivity index (χ4v) is 3.55. The van der Waals surface area contributed by atoms with E-state index in [0.717, 1.165) is 32.1 Å². The Labute approximate surface area is 136 Å². The van der Waals surface area contributed by atoms with Crippen LogP contribution in [0.15, 0.2) is 0 Å². The first-order valence-corrected chi connectivity index (χ1v) is 9.17. The van der Waals surface area contributed by atoms with Gasteiger partial charge in [0.2, 0.25) is 0 Å². The van der Waals surface area contributed by atoms with Crippen LogP contribution in [0.25, 0.3) is 0 Å². The highest BCUT2D eigenvalue weighted by Crippen LogP contribution is 2.20. The van der Waals surface area contributed by atoms with Gasteiger partial charge in [-0.15, -0.1) is 0 Å². The Morgan fingerprint density at radius 2 is 1.45 bits per heavy atom. The summed E-state index contributed by atoms with van der Waals surface area (Å²) in [6.45, 7) is 17.4. The number of hydrogen-bond acceptors (Lipinski definition) is 4. The van der Waals surface area contributed by atoms with E-state index in [9.17, 15) is 4.79 Å². The summed E-state index contributed by atoms with van der Waals surface area (Å²) < 4.78 is 0. The Kier molecular flexibility index (Phi) is 6.85. The lowest BCUT2D eigenvalue weighted by atomic mass is 9.95. The summed E-state index contributed by atoms with van der Waals surface area (Å²) in [4.78, 5) is 19.4. The first kappa shape index (κ1) is 17.9. The van der Waals surface area contributed by atoms with Gasteiger partial charge in [-0.25, -0.2) is 0 Å². The molecule has 4 heteroatoms. The van der Waals surface area contributed by atoms with Crippen LogP contribution in [0.2, 0.25) is 0 Å². The molecule has 2 rings (SSSR count). The first-order valence-electron chi connectivity index (χ1n) is 9.17. The minimum atomic E-state index is 0.171. The normalized spacial score (nSPS) is 23.5. The van der Waals surface area contributed by atoms with Crippen molar-refractivity contribution < 1.29 is 4.79 Å². The second-order valence-corrected chi connectivity index (χ2v) is 7.77. The van der Waals surface area contributed by atoms with E-state index in [1.807, 2.05) is 13.8 Å². The Hall–Kier alpha value is -0.450. The van der Waals surface area contributed by atoms with Gasteiger partial charge in [0.25, 0.3) is 0 Å². The topological polar surface area (TPSA) is 26.8 Å². The molecule has 2 aliphatic rings. The van der Waals surface area contributed by atoms with Crippen molar-refractivity contribution in [3.8, 4) is 0 Å². The van der Waals surface area contributed by atoms with Crippen molar-refractivity contribution in [1.82, 2.24) is 14.7 Å². The molecule has 0 N–H and O–H groups in total. The zero-order valence-corrected chi connectivity index (χ0v) is 15.1. The summed E-state index contributed by atoms with van der Waals surface area (Å²) >= 11 is 0. The van der Waals surface area contributed by atoms with Gasteiger partial charge in [-0.1, -0.05) is 13.8 Å². The molecule has 2 saturated heterocycles. The Morgan fingerprint density at radius 3 is 1.95 bits per heavy atom. The maximum absolute atomic E-state index is 11.8. The lowest BCUT2D eigenvalue weighted by molar-refractivity contribution is -0.123. The molecule has 0 spiro atoms. The third-order valence-corrected chi connectivity index (χ3v) is 5.38. The number of piperidine rings is 1. The average molecular weight is 309 g/mol. The molecule has 0 atom stereocenters. The molecule has 0 radical (unpaired) electrons. The zero-order valence-electron chi connectivity index (χ0n) is 15.1. The first-order chi connectivity index (χ1) is 10.5. The highest BCUT2D eigenvalue weighted by Gasteiger charge is 2.25. The second-order valence-electron chi connectivity index (χ2n) is 7.77. The summed E-state index contributed by atoms with van der Waals surface area (Å²) in [5.41, 5.74) is 0. The monoisotopic (exact) mass is 309 g/mol. The summed E-state index contributed by atoms with van der Waals surface area (Å²) in [6.07, 6.45) is 2.70. The molecule has 0 aromatic heterocycles. The van der Waals surface area contributed by atoms with Crippen LogP contribution < -0.4 is 0 Å². The van der Waals surface area contributed by atoms with Crippen molar-refractivity contribution in [3.63, 3.8) is 0 Å². The van der Waals surface area contributed by atoms with E-state index in [4.69, 9.17) is 0 Å². The van der Waals surface area contributed by atoms with E-state index in [1.165, 1.54) is 32.5 Å². The van der Waals surface area contributed by atoms with Crippen molar-refractivity contribution in [2.24, 2.45) is 11.8 Å². The molecule has 2 heterocycles. The lowest BCUT2D eigenvalue weighted by Crippen LogP contribution is -2.50. The number of nitrogens with zero attached hydrogens (tertiary/aromatic N) is 3. The van der Waals surface area contributed by atoms with E-state index < -0.39 is 0 Å².